The van der Waals surface area contributed by atoms with Crippen LogP contribution >= 0.6 is 0 Å². The Labute approximate surface area is 457 Å². The van der Waals surface area contributed by atoms with Gasteiger partial charge in [0, 0.05) is 0 Å². The molecule has 4 heterocycles. The molecule has 8 fully saturated rings. The molecule has 0 aromatic rings. The van der Waals surface area contributed by atoms with Crippen LogP contribution in [0.1, 0.15) is 120 Å². The first kappa shape index (κ1) is 62.9. The zero-order valence-corrected chi connectivity index (χ0v) is 46.5. The summed E-state index contributed by atoms with van der Waals surface area (Å²) in [6.07, 6.45) is -24.3. The Kier molecular flexibility index (Phi) is 19.4. The molecule has 0 aromatic heterocycles. The van der Waals surface area contributed by atoms with E-state index in [0.29, 0.717) is 38.5 Å². The van der Waals surface area contributed by atoms with Crippen LogP contribution < -0.4 is 0 Å². The van der Waals surface area contributed by atoms with Crippen LogP contribution in [0.3, 0.4) is 0 Å². The molecule has 4 aliphatic carbocycles. The van der Waals surface area contributed by atoms with Gasteiger partial charge in [0.2, 0.25) is 0 Å². The molecule has 4 saturated carbocycles. The van der Waals surface area contributed by atoms with Gasteiger partial charge in [-0.3, -0.25) is 0 Å². The fourth-order valence-corrected chi connectivity index (χ4v) is 16.5. The van der Waals surface area contributed by atoms with E-state index < -0.39 is 178 Å². The van der Waals surface area contributed by atoms with Gasteiger partial charge in [0.1, 0.15) is 97.7 Å². The first-order chi connectivity index (χ1) is 36.5. The van der Waals surface area contributed by atoms with E-state index in [2.05, 4.69) is 40.7 Å². The lowest BCUT2D eigenvalue weighted by atomic mass is 9.32. The van der Waals surface area contributed by atoms with Gasteiger partial charge in [-0.1, -0.05) is 52.7 Å². The standard InChI is InChI=1S/C55H94O23/c1-24(2)11-9-16-55(8,78-49-45(70)41(66)38(63)30(75-49)23-71-47-43(68)39(64)35(60)27(20-56)72-47)25-12-10-15-54(7)34(25)26(59)19-32-52(5)17-14-33(51(3,4)31(52)13-18-53(32,54)6)76-50-46(42(67)37(62)29(22-58)74-50)77-48-44(69)40(65)36(61)28(21-57)73-48/h11,25-50,56-70H,9-10,12-23H2,1-8H3/t25-,26+,27+,28+,29+,30+,31-,32+,33-,34-,35+,36+,37+,38+,39-,40-,41-,42-,43+,44+,45+,46+,47?,48-,49-,50-,52-,53+,54+,55?/m0/s1. The number of allylic oxidation sites excluding steroid dienone is 2. The third-order valence-corrected chi connectivity index (χ3v) is 21.1. The fraction of sp³-hybridized carbons (Fsp3) is 0.964. The summed E-state index contributed by atoms with van der Waals surface area (Å²) in [5.74, 6) is -0.503. The molecule has 15 N–H and O–H groups in total. The van der Waals surface area contributed by atoms with Gasteiger partial charge in [-0.25, -0.2) is 0 Å². The first-order valence-corrected chi connectivity index (χ1v) is 28.4. The van der Waals surface area contributed by atoms with Gasteiger partial charge < -0.3 is 114 Å². The quantitative estimate of drug-likeness (QED) is 0.0598. The van der Waals surface area contributed by atoms with Gasteiger partial charge in [-0.2, -0.15) is 0 Å². The predicted octanol–water partition coefficient (Wildman–Crippen LogP) is -1.81. The largest absolute Gasteiger partial charge is 0.394 e. The highest BCUT2D eigenvalue weighted by Crippen LogP contribution is 2.75. The van der Waals surface area contributed by atoms with Gasteiger partial charge in [0.15, 0.2) is 25.2 Å². The number of hydrogen-bond acceptors (Lipinski definition) is 23. The van der Waals surface area contributed by atoms with Crippen LogP contribution in [0.4, 0.5) is 0 Å². The molecule has 4 saturated heterocycles. The number of aliphatic hydroxyl groups is 15. The van der Waals surface area contributed by atoms with Gasteiger partial charge >= 0.3 is 0 Å². The van der Waals surface area contributed by atoms with E-state index in [1.807, 2.05) is 20.8 Å². The summed E-state index contributed by atoms with van der Waals surface area (Å²) in [6.45, 7) is 14.6. The minimum absolute atomic E-state index is 0.0327. The monoisotopic (exact) mass is 1120 g/mol. The molecule has 30 atom stereocenters. The number of ether oxygens (including phenoxy) is 8. The molecule has 8 rings (SSSR count). The molecule has 0 spiro atoms. The number of rotatable bonds is 16. The maximum atomic E-state index is 13.0. The lowest BCUT2D eigenvalue weighted by Crippen LogP contribution is -2.70. The Morgan fingerprint density at radius 1 is 0.551 bits per heavy atom. The van der Waals surface area contributed by atoms with Gasteiger partial charge in [-0.05, 0) is 124 Å². The molecule has 23 heteroatoms. The Morgan fingerprint density at radius 3 is 1.67 bits per heavy atom. The zero-order chi connectivity index (χ0) is 57.4. The topological polar surface area (TPSA) is 377 Å². The highest BCUT2D eigenvalue weighted by atomic mass is 16.8. The average molecular weight is 1120 g/mol. The molecule has 78 heavy (non-hydrogen) atoms. The summed E-state index contributed by atoms with van der Waals surface area (Å²) in [5, 5.41) is 162. The van der Waals surface area contributed by atoms with Crippen molar-refractivity contribution in [1.82, 2.24) is 0 Å². The number of hydrogen-bond donors (Lipinski definition) is 15. The summed E-state index contributed by atoms with van der Waals surface area (Å²) < 4.78 is 49.1. The van der Waals surface area contributed by atoms with Crippen molar-refractivity contribution in [2.45, 2.75) is 260 Å². The molecule has 0 bridgehead atoms. The van der Waals surface area contributed by atoms with E-state index in [9.17, 15) is 76.6 Å². The fourth-order valence-electron chi connectivity index (χ4n) is 16.5. The maximum Gasteiger partial charge on any atom is 0.187 e. The van der Waals surface area contributed by atoms with E-state index in [1.165, 1.54) is 0 Å². The van der Waals surface area contributed by atoms with Crippen LogP contribution in [0.25, 0.3) is 0 Å². The van der Waals surface area contributed by atoms with E-state index in [0.717, 1.165) is 31.3 Å². The van der Waals surface area contributed by atoms with Crippen LogP contribution in [0.5, 0.6) is 0 Å². The molecular formula is C55H94O23. The Morgan fingerprint density at radius 2 is 1.08 bits per heavy atom. The molecule has 2 unspecified atom stereocenters. The molecule has 8 aliphatic rings. The molecule has 452 valence electrons. The molecule has 0 radical (unpaired) electrons. The Hall–Kier alpha value is -1.18. The van der Waals surface area contributed by atoms with Gasteiger partial charge in [0.05, 0.1) is 44.2 Å². The van der Waals surface area contributed by atoms with Crippen LogP contribution in [0, 0.1) is 45.3 Å². The van der Waals surface area contributed by atoms with Crippen LogP contribution in [0.2, 0.25) is 0 Å². The SMILES string of the molecule is CC(C)=CCCC(C)(O[C@@H]1O[C@H](COC2O[C@H](CO)[C@@H](O)[C@H](O)[C@H]2O)[C@@H](O)[C@H](O)[C@H]1O)[C@H]1CCC[C@]2(C)[C@@H]1[C@H](O)C[C@@H]1[C@@]3(C)CC[C@H](O[C@@H]4O[C@H](CO)[C@@H](O)[C@H](O)[C@H]4O[C@@H]4O[C@H](CO)[C@@H](O)[C@H](O)[C@H]4O)C(C)(C)[C@@H]3CC[C@]12C. The first-order valence-electron chi connectivity index (χ1n) is 28.4. The Balaban J connectivity index is 1.02. The van der Waals surface area contributed by atoms with E-state index in [1.54, 1.807) is 0 Å². The molecule has 0 amide bonds. The van der Waals surface area contributed by atoms with Crippen LogP contribution in [-0.2, 0) is 37.9 Å². The average Bonchev–Trinajstić information content (AvgIpc) is 3.57. The van der Waals surface area contributed by atoms with Crippen molar-refractivity contribution >= 4 is 0 Å². The smallest absolute Gasteiger partial charge is 0.187 e. The number of aliphatic hydroxyl groups excluding tert-OH is 15. The third-order valence-electron chi connectivity index (χ3n) is 21.1. The van der Waals surface area contributed by atoms with Crippen molar-refractivity contribution in [1.29, 1.82) is 0 Å². The maximum absolute atomic E-state index is 13.0. The second kappa shape index (κ2) is 24.1. The second-order valence-corrected chi connectivity index (χ2v) is 26.1. The van der Waals surface area contributed by atoms with Crippen LogP contribution in [-0.4, -0.2) is 244 Å². The highest BCUT2D eigenvalue weighted by molar-refractivity contribution is 5.19. The lowest BCUT2D eigenvalue weighted by molar-refractivity contribution is -0.379. The van der Waals surface area contributed by atoms with Crippen molar-refractivity contribution < 1.29 is 114 Å². The summed E-state index contributed by atoms with van der Waals surface area (Å²) in [7, 11) is 0. The normalized spacial score (nSPS) is 52.3. The molecular weight excluding hydrogens is 1030 g/mol. The summed E-state index contributed by atoms with van der Waals surface area (Å²) in [4.78, 5) is 0. The Bertz CT molecular complexity index is 2010. The van der Waals surface area contributed by atoms with Crippen molar-refractivity contribution in [2.75, 3.05) is 26.4 Å². The summed E-state index contributed by atoms with van der Waals surface area (Å²) in [6, 6.07) is 0. The van der Waals surface area contributed by atoms with E-state index in [4.69, 9.17) is 37.9 Å². The molecule has 23 nitrogen and oxygen atoms in total. The number of fused-ring (bicyclic) bond motifs is 5. The highest BCUT2D eigenvalue weighted by Gasteiger charge is 2.71. The zero-order valence-electron chi connectivity index (χ0n) is 46.5. The van der Waals surface area contributed by atoms with E-state index >= 15 is 0 Å². The van der Waals surface area contributed by atoms with Crippen molar-refractivity contribution in [2.24, 2.45) is 45.3 Å². The minimum atomic E-state index is -1.82. The van der Waals surface area contributed by atoms with Gasteiger partial charge in [-0.15, -0.1) is 0 Å². The van der Waals surface area contributed by atoms with Crippen molar-refractivity contribution in [3.63, 3.8) is 0 Å². The second-order valence-electron chi connectivity index (χ2n) is 26.1. The minimum Gasteiger partial charge on any atom is -0.394 e. The third kappa shape index (κ3) is 11.1. The summed E-state index contributed by atoms with van der Waals surface area (Å²) >= 11 is 0. The molecule has 0 aromatic carbocycles. The summed E-state index contributed by atoms with van der Waals surface area (Å²) in [5.41, 5.74) is -1.63. The van der Waals surface area contributed by atoms with Gasteiger partial charge in [0.25, 0.3) is 0 Å². The predicted molar refractivity (Wildman–Crippen MR) is 271 cm³/mol. The van der Waals surface area contributed by atoms with Crippen LogP contribution in [0.15, 0.2) is 11.6 Å². The van der Waals surface area contributed by atoms with Crippen molar-refractivity contribution in [3.8, 4) is 0 Å². The van der Waals surface area contributed by atoms with Crippen molar-refractivity contribution in [3.05, 3.63) is 11.6 Å². The molecule has 4 aliphatic heterocycles. The van der Waals surface area contributed by atoms with E-state index in [-0.39, 0.29) is 34.5 Å². The lowest BCUT2D eigenvalue weighted by Gasteiger charge is -2.73.